The molecule has 0 spiro atoms. The van der Waals surface area contributed by atoms with Gasteiger partial charge in [0.1, 0.15) is 0 Å². The van der Waals surface area contributed by atoms with Crippen LogP contribution in [0.25, 0.3) is 0 Å². The van der Waals surface area contributed by atoms with Gasteiger partial charge in [0, 0.05) is 0 Å². The van der Waals surface area contributed by atoms with Gasteiger partial charge >= 0.3 is 5.97 Å². The minimum absolute atomic E-state index is 0.0713. The van der Waals surface area contributed by atoms with Crippen LogP contribution in [0.15, 0.2) is 30.3 Å². The van der Waals surface area contributed by atoms with Crippen molar-refractivity contribution in [3.8, 4) is 0 Å². The molecular formula is C12H12ClFO3. The molecule has 3 nitrogen and oxygen atoms in total. The van der Waals surface area contributed by atoms with Crippen molar-refractivity contribution < 1.29 is 18.7 Å². The van der Waals surface area contributed by atoms with E-state index in [-0.39, 0.29) is 11.8 Å². The second kappa shape index (κ2) is 6.35. The number of alkyl halides is 2. The Balaban J connectivity index is 2.75. The van der Waals surface area contributed by atoms with E-state index in [4.69, 9.17) is 16.3 Å². The summed E-state index contributed by atoms with van der Waals surface area (Å²) in [7, 11) is 0. The molecule has 0 heterocycles. The minimum atomic E-state index is -1.92. The van der Waals surface area contributed by atoms with E-state index >= 15 is 0 Å². The summed E-state index contributed by atoms with van der Waals surface area (Å²) in [5.41, 5.74) is 0.285. The lowest BCUT2D eigenvalue weighted by Gasteiger charge is -2.20. The number of hydrogen-bond donors (Lipinski definition) is 0. The summed E-state index contributed by atoms with van der Waals surface area (Å²) in [6.07, 6.45) is -3.13. The van der Waals surface area contributed by atoms with E-state index in [1.807, 2.05) is 0 Å². The third kappa shape index (κ3) is 3.82. The van der Waals surface area contributed by atoms with Crippen LogP contribution in [0.1, 0.15) is 17.3 Å². The molecule has 0 radical (unpaired) electrons. The first kappa shape index (κ1) is 13.6. The molecule has 0 aliphatic rings. The van der Waals surface area contributed by atoms with Gasteiger partial charge in [0.05, 0.1) is 10.9 Å². The Kier molecular flexibility index (Phi) is 5.10. The number of carbonyl (C=O) groups is 2. The molecule has 5 heteroatoms. The van der Waals surface area contributed by atoms with E-state index in [0.29, 0.717) is 0 Å². The number of esters is 1. The van der Waals surface area contributed by atoms with Gasteiger partial charge in [-0.2, -0.15) is 0 Å². The molecule has 0 aromatic heterocycles. The summed E-state index contributed by atoms with van der Waals surface area (Å²) >= 11 is 5.67. The van der Waals surface area contributed by atoms with Crippen LogP contribution in [0, 0.1) is 0 Å². The molecule has 17 heavy (non-hydrogen) atoms. The maximum atomic E-state index is 13.2. The second-order valence-electron chi connectivity index (χ2n) is 3.49. The molecule has 92 valence electrons. The highest BCUT2D eigenvalue weighted by Gasteiger charge is 2.29. The van der Waals surface area contributed by atoms with Gasteiger partial charge in [-0.05, 0) is 19.1 Å². The molecule has 1 aromatic carbocycles. The minimum Gasteiger partial charge on any atom is -0.454 e. The van der Waals surface area contributed by atoms with E-state index in [0.717, 1.165) is 0 Å². The molecule has 0 fully saturated rings. The molecule has 3 atom stereocenters. The Morgan fingerprint density at radius 1 is 1.41 bits per heavy atom. The van der Waals surface area contributed by atoms with Gasteiger partial charge in [-0.3, -0.25) is 4.79 Å². The largest absolute Gasteiger partial charge is 0.454 e. The Morgan fingerprint density at radius 2 is 2.00 bits per heavy atom. The number of aldehydes is 1. The first-order chi connectivity index (χ1) is 8.06. The zero-order valence-electron chi connectivity index (χ0n) is 9.18. The summed E-state index contributed by atoms with van der Waals surface area (Å²) in [6.45, 7) is 1.46. The molecule has 1 rings (SSSR count). The van der Waals surface area contributed by atoms with E-state index in [9.17, 15) is 14.0 Å². The Labute approximate surface area is 104 Å². The molecular weight excluding hydrogens is 247 g/mol. The van der Waals surface area contributed by atoms with E-state index in [1.54, 1.807) is 18.2 Å². The number of ether oxygens (including phenoxy) is 1. The third-order valence-corrected chi connectivity index (χ3v) is 2.40. The van der Waals surface area contributed by atoms with Crippen LogP contribution in [-0.2, 0) is 9.53 Å². The summed E-state index contributed by atoms with van der Waals surface area (Å²) in [5.74, 6) is -0.701. The highest BCUT2D eigenvalue weighted by Crippen LogP contribution is 2.15. The van der Waals surface area contributed by atoms with Crippen LogP contribution >= 0.6 is 11.6 Å². The van der Waals surface area contributed by atoms with Gasteiger partial charge in [-0.15, -0.1) is 11.6 Å². The number of hydrogen-bond acceptors (Lipinski definition) is 3. The quantitative estimate of drug-likeness (QED) is 0.463. The molecule has 0 aliphatic heterocycles. The van der Waals surface area contributed by atoms with Crippen molar-refractivity contribution in [2.45, 2.75) is 24.6 Å². The van der Waals surface area contributed by atoms with Crippen LogP contribution < -0.4 is 0 Å². The molecule has 0 saturated heterocycles. The summed E-state index contributed by atoms with van der Waals surface area (Å²) in [6, 6.07) is 8.12. The Morgan fingerprint density at radius 3 is 2.47 bits per heavy atom. The number of halogens is 2. The molecule has 1 aromatic rings. The van der Waals surface area contributed by atoms with Crippen molar-refractivity contribution >= 4 is 23.9 Å². The summed E-state index contributed by atoms with van der Waals surface area (Å²) in [5, 5.41) is -0.789. The van der Waals surface area contributed by atoms with Crippen molar-refractivity contribution in [3.05, 3.63) is 35.9 Å². The van der Waals surface area contributed by atoms with Crippen LogP contribution in [0.4, 0.5) is 4.39 Å². The number of benzene rings is 1. The Bertz CT molecular complexity index is 381. The topological polar surface area (TPSA) is 43.4 Å². The molecule has 0 N–H and O–H groups in total. The van der Waals surface area contributed by atoms with Crippen molar-refractivity contribution in [1.82, 2.24) is 0 Å². The van der Waals surface area contributed by atoms with Gasteiger partial charge in [0.15, 0.2) is 18.6 Å². The van der Waals surface area contributed by atoms with Gasteiger partial charge in [-0.25, -0.2) is 9.18 Å². The maximum absolute atomic E-state index is 13.2. The SMILES string of the molecule is C[C@H](Cl)C(OC(=O)c1ccccc1)[C@H](F)C=O. The fourth-order valence-electron chi connectivity index (χ4n) is 1.26. The van der Waals surface area contributed by atoms with Gasteiger partial charge in [0.25, 0.3) is 0 Å². The molecule has 0 saturated carbocycles. The predicted molar refractivity (Wildman–Crippen MR) is 61.9 cm³/mol. The molecule has 0 amide bonds. The first-order valence-electron chi connectivity index (χ1n) is 5.05. The van der Waals surface area contributed by atoms with E-state index in [1.165, 1.54) is 19.1 Å². The lowest BCUT2D eigenvalue weighted by molar-refractivity contribution is -0.115. The van der Waals surface area contributed by atoms with Gasteiger partial charge < -0.3 is 4.74 Å². The average Bonchev–Trinajstić information content (AvgIpc) is 2.35. The van der Waals surface area contributed by atoms with Crippen LogP contribution in [0.3, 0.4) is 0 Å². The standard InChI is InChI=1S/C12H12ClFO3/c1-8(13)11(10(14)7-15)17-12(16)9-5-3-2-4-6-9/h2-8,10-11H,1H3/t8-,10+,11?/m0/s1. The fraction of sp³-hybridized carbons (Fsp3) is 0.333. The smallest absolute Gasteiger partial charge is 0.338 e. The average molecular weight is 259 g/mol. The predicted octanol–water partition coefficient (Wildman–Crippen LogP) is 2.38. The first-order valence-corrected chi connectivity index (χ1v) is 5.49. The maximum Gasteiger partial charge on any atom is 0.338 e. The van der Waals surface area contributed by atoms with Crippen molar-refractivity contribution in [2.24, 2.45) is 0 Å². The van der Waals surface area contributed by atoms with Crippen LogP contribution in [0.5, 0.6) is 0 Å². The number of carbonyl (C=O) groups excluding carboxylic acids is 2. The lowest BCUT2D eigenvalue weighted by Crippen LogP contribution is -2.35. The summed E-state index contributed by atoms with van der Waals surface area (Å²) in [4.78, 5) is 22.0. The van der Waals surface area contributed by atoms with Crippen molar-refractivity contribution in [2.75, 3.05) is 0 Å². The fourth-order valence-corrected chi connectivity index (χ4v) is 1.45. The molecule has 1 unspecified atom stereocenters. The van der Waals surface area contributed by atoms with Crippen LogP contribution in [-0.4, -0.2) is 29.9 Å². The zero-order valence-corrected chi connectivity index (χ0v) is 9.93. The number of rotatable bonds is 5. The monoisotopic (exact) mass is 258 g/mol. The highest BCUT2D eigenvalue weighted by molar-refractivity contribution is 6.21. The molecule has 0 aliphatic carbocycles. The van der Waals surface area contributed by atoms with Crippen LogP contribution in [0.2, 0.25) is 0 Å². The van der Waals surface area contributed by atoms with E-state index < -0.39 is 23.6 Å². The summed E-state index contributed by atoms with van der Waals surface area (Å²) < 4.78 is 18.1. The van der Waals surface area contributed by atoms with Gasteiger partial charge in [0.2, 0.25) is 0 Å². The van der Waals surface area contributed by atoms with Gasteiger partial charge in [-0.1, -0.05) is 18.2 Å². The molecule has 0 bridgehead atoms. The van der Waals surface area contributed by atoms with Crippen molar-refractivity contribution in [1.29, 1.82) is 0 Å². The van der Waals surface area contributed by atoms with Crippen molar-refractivity contribution in [3.63, 3.8) is 0 Å². The zero-order chi connectivity index (χ0) is 12.8. The highest BCUT2D eigenvalue weighted by atomic mass is 35.5. The Hall–Kier alpha value is -1.42. The van der Waals surface area contributed by atoms with E-state index in [2.05, 4.69) is 0 Å². The lowest BCUT2D eigenvalue weighted by atomic mass is 10.1. The normalized spacial score (nSPS) is 15.7. The second-order valence-corrected chi connectivity index (χ2v) is 4.18. The third-order valence-electron chi connectivity index (χ3n) is 2.15.